The molecule has 0 spiro atoms. The number of fused-ring (bicyclic) bond motifs is 1. The zero-order valence-corrected chi connectivity index (χ0v) is 22.0. The fourth-order valence-corrected chi connectivity index (χ4v) is 4.85. The molecule has 3 aromatic rings. The fraction of sp³-hybridized carbons (Fsp3) is 0.241. The minimum Gasteiger partial charge on any atom is -0.481 e. The summed E-state index contributed by atoms with van der Waals surface area (Å²) in [5, 5.41) is 15.6. The minimum atomic E-state index is -0.845. The number of benzene rings is 3. The number of nitrogens with two attached hydrogens (primary N) is 1. The summed E-state index contributed by atoms with van der Waals surface area (Å²) in [6.07, 6.45) is 2.11. The maximum absolute atomic E-state index is 13.2. The SMILES string of the molecule is CCC(N)(CC)c1ccc(N/C(=C2\C(=O)Nc3cc(Br)ccc32)c2cccc(CCC(=O)O)c2)cc1. The van der Waals surface area contributed by atoms with Gasteiger partial charge in [0.2, 0.25) is 0 Å². The first kappa shape index (κ1) is 25.7. The van der Waals surface area contributed by atoms with E-state index in [0.29, 0.717) is 17.7 Å². The summed E-state index contributed by atoms with van der Waals surface area (Å²) in [7, 11) is 0. The molecule has 7 heteroatoms. The van der Waals surface area contributed by atoms with Gasteiger partial charge in [0.1, 0.15) is 0 Å². The predicted molar refractivity (Wildman–Crippen MR) is 148 cm³/mol. The number of rotatable bonds is 9. The summed E-state index contributed by atoms with van der Waals surface area (Å²) in [5.74, 6) is -1.04. The number of nitrogens with one attached hydrogen (secondary N) is 2. The van der Waals surface area contributed by atoms with Crippen molar-refractivity contribution in [2.24, 2.45) is 5.73 Å². The number of carbonyl (C=O) groups is 2. The second-order valence-electron chi connectivity index (χ2n) is 9.05. The Morgan fingerprint density at radius 1 is 1.06 bits per heavy atom. The van der Waals surface area contributed by atoms with Crippen LogP contribution in [0.3, 0.4) is 0 Å². The number of amides is 1. The van der Waals surface area contributed by atoms with Gasteiger partial charge >= 0.3 is 5.97 Å². The van der Waals surface area contributed by atoms with Crippen LogP contribution in [0.15, 0.2) is 71.2 Å². The van der Waals surface area contributed by atoms with Crippen LogP contribution in [0.5, 0.6) is 0 Å². The molecule has 0 unspecified atom stereocenters. The lowest BCUT2D eigenvalue weighted by Gasteiger charge is -2.27. The van der Waals surface area contributed by atoms with Gasteiger partial charge in [-0.25, -0.2) is 0 Å². The molecule has 1 heterocycles. The van der Waals surface area contributed by atoms with Crippen molar-refractivity contribution in [1.29, 1.82) is 0 Å². The number of carboxylic acid groups (broad SMARTS) is 1. The molecule has 0 radical (unpaired) electrons. The number of aryl methyl sites for hydroxylation is 1. The van der Waals surface area contributed by atoms with Gasteiger partial charge in [-0.1, -0.05) is 66.2 Å². The van der Waals surface area contributed by atoms with Gasteiger partial charge in [0.25, 0.3) is 5.91 Å². The largest absolute Gasteiger partial charge is 0.481 e. The molecule has 4 rings (SSSR count). The lowest BCUT2D eigenvalue weighted by molar-refractivity contribution is -0.137. The van der Waals surface area contributed by atoms with E-state index in [1.165, 1.54) is 0 Å². The van der Waals surface area contributed by atoms with E-state index >= 15 is 0 Å². The van der Waals surface area contributed by atoms with Gasteiger partial charge in [0.15, 0.2) is 0 Å². The highest BCUT2D eigenvalue weighted by molar-refractivity contribution is 9.10. The first-order valence-corrected chi connectivity index (χ1v) is 12.9. The van der Waals surface area contributed by atoms with Crippen LogP contribution >= 0.6 is 15.9 Å². The van der Waals surface area contributed by atoms with Gasteiger partial charge in [-0.05, 0) is 66.3 Å². The lowest BCUT2D eigenvalue weighted by atomic mass is 9.86. The topological polar surface area (TPSA) is 104 Å². The van der Waals surface area contributed by atoms with Crippen molar-refractivity contribution >= 4 is 50.5 Å². The van der Waals surface area contributed by atoms with Crippen LogP contribution in [0.2, 0.25) is 0 Å². The smallest absolute Gasteiger partial charge is 0.303 e. The highest BCUT2D eigenvalue weighted by atomic mass is 79.9. The molecular weight excluding hydrogens is 518 g/mol. The number of anilines is 2. The third-order valence-electron chi connectivity index (χ3n) is 6.81. The van der Waals surface area contributed by atoms with Crippen molar-refractivity contribution in [2.75, 3.05) is 10.6 Å². The Hall–Kier alpha value is -3.42. The Kier molecular flexibility index (Phi) is 7.62. The standard InChI is InChI=1S/C29H30BrN3O3/c1-3-29(31,4-2)20-9-12-22(13-10-20)32-27(19-7-5-6-18(16-19)8-15-25(34)35)26-23-14-11-21(30)17-24(23)33-28(26)36/h5-7,9-14,16-17,32H,3-4,8,15,31H2,1-2H3,(H,33,36)(H,34,35)/b27-26-. The van der Waals surface area contributed by atoms with E-state index in [1.807, 2.05) is 66.7 Å². The third-order valence-corrected chi connectivity index (χ3v) is 7.30. The molecule has 6 nitrogen and oxygen atoms in total. The number of hydrogen-bond donors (Lipinski definition) is 4. The molecule has 0 aliphatic carbocycles. The van der Waals surface area contributed by atoms with Gasteiger partial charge in [-0.15, -0.1) is 0 Å². The van der Waals surface area contributed by atoms with Crippen molar-refractivity contribution < 1.29 is 14.7 Å². The van der Waals surface area contributed by atoms with Crippen molar-refractivity contribution in [1.82, 2.24) is 0 Å². The quantitative estimate of drug-likeness (QED) is 0.233. The molecule has 5 N–H and O–H groups in total. The van der Waals surface area contributed by atoms with Crippen LogP contribution < -0.4 is 16.4 Å². The van der Waals surface area contributed by atoms with Crippen LogP contribution in [0.4, 0.5) is 11.4 Å². The predicted octanol–water partition coefficient (Wildman–Crippen LogP) is 6.37. The highest BCUT2D eigenvalue weighted by Gasteiger charge is 2.29. The molecule has 186 valence electrons. The van der Waals surface area contributed by atoms with Crippen LogP contribution in [0.1, 0.15) is 55.4 Å². The van der Waals surface area contributed by atoms with Crippen molar-refractivity contribution in [3.05, 3.63) is 93.5 Å². The van der Waals surface area contributed by atoms with Crippen LogP contribution in [-0.4, -0.2) is 17.0 Å². The Morgan fingerprint density at radius 3 is 2.44 bits per heavy atom. The van der Waals surface area contributed by atoms with Crippen LogP contribution in [0, 0.1) is 0 Å². The summed E-state index contributed by atoms with van der Waals surface area (Å²) in [4.78, 5) is 24.3. The van der Waals surface area contributed by atoms with E-state index in [4.69, 9.17) is 10.8 Å². The number of aliphatic carboxylic acids is 1. The molecule has 0 aromatic heterocycles. The van der Waals surface area contributed by atoms with E-state index in [1.54, 1.807) is 0 Å². The van der Waals surface area contributed by atoms with E-state index in [9.17, 15) is 9.59 Å². The summed E-state index contributed by atoms with van der Waals surface area (Å²) >= 11 is 3.47. The number of hydrogen-bond acceptors (Lipinski definition) is 4. The fourth-order valence-electron chi connectivity index (χ4n) is 4.49. The maximum Gasteiger partial charge on any atom is 0.303 e. The molecule has 0 atom stereocenters. The number of carboxylic acids is 1. The molecule has 0 saturated heterocycles. The minimum absolute atomic E-state index is 0.0390. The highest BCUT2D eigenvalue weighted by Crippen LogP contribution is 2.39. The lowest BCUT2D eigenvalue weighted by Crippen LogP contribution is -2.34. The normalized spacial score (nSPS) is 14.3. The molecular formula is C29H30BrN3O3. The van der Waals surface area contributed by atoms with Crippen molar-refractivity contribution in [3.63, 3.8) is 0 Å². The monoisotopic (exact) mass is 547 g/mol. The summed E-state index contributed by atoms with van der Waals surface area (Å²) in [6, 6.07) is 21.4. The van der Waals surface area contributed by atoms with E-state index < -0.39 is 5.97 Å². The Morgan fingerprint density at radius 2 is 1.78 bits per heavy atom. The molecule has 0 fully saturated rings. The molecule has 0 bridgehead atoms. The molecule has 1 amide bonds. The third kappa shape index (κ3) is 5.37. The average molecular weight is 548 g/mol. The Labute approximate surface area is 219 Å². The summed E-state index contributed by atoms with van der Waals surface area (Å²) < 4.78 is 0.876. The van der Waals surface area contributed by atoms with Gasteiger partial charge in [-0.2, -0.15) is 0 Å². The molecule has 3 aromatic carbocycles. The zero-order chi connectivity index (χ0) is 25.9. The van der Waals surface area contributed by atoms with Gasteiger partial charge in [-0.3, -0.25) is 9.59 Å². The second kappa shape index (κ2) is 10.7. The average Bonchev–Trinajstić information content (AvgIpc) is 3.20. The molecule has 36 heavy (non-hydrogen) atoms. The van der Waals surface area contributed by atoms with Crippen LogP contribution in [0.25, 0.3) is 11.3 Å². The van der Waals surface area contributed by atoms with Gasteiger partial charge in [0, 0.05) is 27.7 Å². The van der Waals surface area contributed by atoms with E-state index in [0.717, 1.165) is 50.9 Å². The molecule has 1 aliphatic rings. The number of halogens is 1. The van der Waals surface area contributed by atoms with Crippen molar-refractivity contribution in [2.45, 2.75) is 45.1 Å². The first-order valence-electron chi connectivity index (χ1n) is 12.1. The Balaban J connectivity index is 1.80. The maximum atomic E-state index is 13.2. The second-order valence-corrected chi connectivity index (χ2v) is 9.97. The Bertz CT molecular complexity index is 1330. The van der Waals surface area contributed by atoms with Crippen LogP contribution in [-0.2, 0) is 21.5 Å². The van der Waals surface area contributed by atoms with Crippen molar-refractivity contribution in [3.8, 4) is 0 Å². The van der Waals surface area contributed by atoms with E-state index in [2.05, 4.69) is 40.4 Å². The number of carbonyl (C=O) groups excluding carboxylic acids is 1. The first-order chi connectivity index (χ1) is 17.2. The molecule has 0 saturated carbocycles. The van der Waals surface area contributed by atoms with E-state index in [-0.39, 0.29) is 17.9 Å². The summed E-state index contributed by atoms with van der Waals surface area (Å²) in [6.45, 7) is 4.17. The summed E-state index contributed by atoms with van der Waals surface area (Å²) in [5.41, 5.74) is 12.5. The zero-order valence-electron chi connectivity index (χ0n) is 20.4. The molecule has 1 aliphatic heterocycles. The van der Waals surface area contributed by atoms with Gasteiger partial charge < -0.3 is 21.5 Å². The van der Waals surface area contributed by atoms with Gasteiger partial charge in [0.05, 0.1) is 17.0 Å².